The Kier molecular flexibility index (Phi) is 5.74. The first kappa shape index (κ1) is 19.9. The topological polar surface area (TPSA) is 61.4 Å². The Morgan fingerprint density at radius 1 is 1.13 bits per heavy atom. The van der Waals surface area contributed by atoms with Crippen molar-refractivity contribution >= 4 is 35.0 Å². The summed E-state index contributed by atoms with van der Waals surface area (Å²) in [5.41, 5.74) is 2.49. The van der Waals surface area contributed by atoms with Crippen LogP contribution in [0, 0.1) is 0 Å². The molecular weight excluding hydrogens is 414 g/mol. The Bertz CT molecular complexity index is 916. The quantitative estimate of drug-likeness (QED) is 0.527. The first-order valence-corrected chi connectivity index (χ1v) is 12.7. The molecule has 2 fully saturated rings. The van der Waals surface area contributed by atoms with Crippen LogP contribution in [-0.2, 0) is 11.2 Å². The molecule has 1 aromatic carbocycles. The van der Waals surface area contributed by atoms with Gasteiger partial charge in [-0.1, -0.05) is 36.8 Å². The number of urea groups is 1. The fraction of sp³-hybridized carbons (Fsp3) is 0.478. The predicted octanol–water partition coefficient (Wildman–Crippen LogP) is 3.95. The van der Waals surface area contributed by atoms with Gasteiger partial charge in [-0.2, -0.15) is 11.8 Å². The molecule has 0 aliphatic carbocycles. The van der Waals surface area contributed by atoms with Gasteiger partial charge < -0.3 is 15.5 Å². The molecule has 4 atom stereocenters. The van der Waals surface area contributed by atoms with Crippen LogP contribution in [0.4, 0.5) is 4.79 Å². The SMILES string of the molecule is O=C1N[C@H]2[C@@H](CS[C@@H]2CCCCC(=O)N2CCc3sccc3[C@H]2c2ccccc2)N1. The van der Waals surface area contributed by atoms with Crippen LogP contribution in [0.25, 0.3) is 0 Å². The fourth-order valence-corrected chi connectivity index (χ4v) is 7.44. The van der Waals surface area contributed by atoms with Crippen molar-refractivity contribution < 1.29 is 9.59 Å². The van der Waals surface area contributed by atoms with E-state index in [1.807, 2.05) is 17.8 Å². The largest absolute Gasteiger partial charge is 0.332 e. The highest BCUT2D eigenvalue weighted by atomic mass is 32.2. The lowest BCUT2D eigenvalue weighted by atomic mass is 9.92. The highest BCUT2D eigenvalue weighted by Gasteiger charge is 2.42. The van der Waals surface area contributed by atoms with Gasteiger partial charge in [-0.3, -0.25) is 4.79 Å². The molecule has 2 N–H and O–H groups in total. The van der Waals surface area contributed by atoms with Crippen LogP contribution < -0.4 is 10.6 Å². The molecule has 4 heterocycles. The lowest BCUT2D eigenvalue weighted by molar-refractivity contribution is -0.133. The van der Waals surface area contributed by atoms with Crippen molar-refractivity contribution in [1.29, 1.82) is 0 Å². The van der Waals surface area contributed by atoms with E-state index in [-0.39, 0.29) is 30.1 Å². The van der Waals surface area contributed by atoms with Crippen LogP contribution in [0.5, 0.6) is 0 Å². The number of hydrogen-bond donors (Lipinski definition) is 2. The van der Waals surface area contributed by atoms with Crippen molar-refractivity contribution in [3.8, 4) is 0 Å². The van der Waals surface area contributed by atoms with Crippen molar-refractivity contribution in [2.45, 2.75) is 55.5 Å². The number of rotatable bonds is 6. The van der Waals surface area contributed by atoms with Gasteiger partial charge in [0.1, 0.15) is 0 Å². The number of unbranched alkanes of at least 4 members (excludes halogenated alkanes) is 1. The lowest BCUT2D eigenvalue weighted by Gasteiger charge is -2.36. The number of carbonyl (C=O) groups is 2. The summed E-state index contributed by atoms with van der Waals surface area (Å²) in [6, 6.07) is 13.1. The summed E-state index contributed by atoms with van der Waals surface area (Å²) in [5, 5.41) is 8.66. The molecule has 0 radical (unpaired) electrons. The molecule has 3 amide bonds. The number of nitrogens with zero attached hydrogens (tertiary/aromatic N) is 1. The minimum atomic E-state index is -0.0321. The van der Waals surface area contributed by atoms with Gasteiger partial charge in [-0.05, 0) is 41.8 Å². The van der Waals surface area contributed by atoms with E-state index in [2.05, 4.69) is 51.2 Å². The Morgan fingerprint density at radius 3 is 2.87 bits per heavy atom. The summed E-state index contributed by atoms with van der Waals surface area (Å²) in [6.45, 7) is 0.797. The molecule has 158 valence electrons. The van der Waals surface area contributed by atoms with Crippen molar-refractivity contribution in [1.82, 2.24) is 15.5 Å². The average molecular weight is 442 g/mol. The first-order valence-electron chi connectivity index (χ1n) is 10.8. The number of nitrogens with one attached hydrogen (secondary N) is 2. The van der Waals surface area contributed by atoms with Gasteiger partial charge in [0.15, 0.2) is 0 Å². The number of thiophene rings is 1. The standard InChI is InChI=1S/C23H27N3O2S2/c27-20(9-5-4-8-19-21-17(14-30-19)24-23(28)25-21)26-12-10-18-16(11-13-29-18)22(26)15-6-2-1-3-7-15/h1-3,6-7,11,13,17,19,21-22H,4-5,8-10,12,14H2,(H2,24,25,28)/t17-,19-,21+,22-/m1/s1. The predicted molar refractivity (Wildman–Crippen MR) is 122 cm³/mol. The fourth-order valence-electron chi connectivity index (χ4n) is 4.99. The minimum absolute atomic E-state index is 0.0321. The van der Waals surface area contributed by atoms with Crippen LogP contribution in [0.2, 0.25) is 0 Å². The monoisotopic (exact) mass is 441 g/mol. The molecule has 3 aliphatic heterocycles. The maximum Gasteiger partial charge on any atom is 0.315 e. The van der Waals surface area contributed by atoms with Gasteiger partial charge in [0.25, 0.3) is 0 Å². The average Bonchev–Trinajstić information content (AvgIpc) is 3.47. The molecule has 3 aliphatic rings. The number of amides is 3. The van der Waals surface area contributed by atoms with Gasteiger partial charge >= 0.3 is 6.03 Å². The Balaban J connectivity index is 1.19. The second-order valence-electron chi connectivity index (χ2n) is 8.32. The lowest BCUT2D eigenvalue weighted by Crippen LogP contribution is -2.40. The maximum atomic E-state index is 13.2. The number of thioether (sulfide) groups is 1. The Hall–Kier alpha value is -1.99. The van der Waals surface area contributed by atoms with Gasteiger partial charge in [-0.25, -0.2) is 4.79 Å². The number of fused-ring (bicyclic) bond motifs is 2. The summed E-state index contributed by atoms with van der Waals surface area (Å²) in [6.07, 6.45) is 4.53. The molecule has 0 bridgehead atoms. The van der Waals surface area contributed by atoms with Crippen molar-refractivity contribution in [3.63, 3.8) is 0 Å². The molecule has 5 rings (SSSR count). The van der Waals surface area contributed by atoms with Gasteiger partial charge in [0, 0.05) is 28.8 Å². The molecule has 5 nitrogen and oxygen atoms in total. The van der Waals surface area contributed by atoms with Gasteiger partial charge in [0.05, 0.1) is 18.1 Å². The maximum absolute atomic E-state index is 13.2. The Morgan fingerprint density at radius 2 is 2.00 bits per heavy atom. The van der Waals surface area contributed by atoms with Crippen molar-refractivity contribution in [2.24, 2.45) is 0 Å². The molecule has 7 heteroatoms. The second-order valence-corrected chi connectivity index (χ2v) is 10.6. The van der Waals surface area contributed by atoms with E-state index in [4.69, 9.17) is 0 Å². The molecule has 0 saturated carbocycles. The highest BCUT2D eigenvalue weighted by Crippen LogP contribution is 2.38. The second kappa shape index (κ2) is 8.63. The van der Waals surface area contributed by atoms with Gasteiger partial charge in [-0.15, -0.1) is 11.3 Å². The zero-order valence-electron chi connectivity index (χ0n) is 16.9. The number of carbonyl (C=O) groups excluding carboxylic acids is 2. The Labute approximate surface area is 185 Å². The van der Waals surface area contributed by atoms with E-state index < -0.39 is 0 Å². The summed E-state index contributed by atoms with van der Waals surface area (Å²) in [4.78, 5) is 28.2. The summed E-state index contributed by atoms with van der Waals surface area (Å²) in [5.74, 6) is 1.25. The van der Waals surface area contributed by atoms with Crippen LogP contribution in [0.1, 0.15) is 47.7 Å². The molecule has 30 heavy (non-hydrogen) atoms. The van der Waals surface area contributed by atoms with Crippen LogP contribution >= 0.6 is 23.1 Å². The molecule has 0 spiro atoms. The van der Waals surface area contributed by atoms with E-state index in [0.29, 0.717) is 11.7 Å². The summed E-state index contributed by atoms with van der Waals surface area (Å²) >= 11 is 3.75. The van der Waals surface area contributed by atoms with Crippen molar-refractivity contribution in [3.05, 3.63) is 57.8 Å². The van der Waals surface area contributed by atoms with Crippen LogP contribution in [0.3, 0.4) is 0 Å². The van der Waals surface area contributed by atoms with E-state index in [1.54, 1.807) is 11.3 Å². The van der Waals surface area contributed by atoms with Gasteiger partial charge in [0.2, 0.25) is 5.91 Å². The van der Waals surface area contributed by atoms with Crippen molar-refractivity contribution in [2.75, 3.05) is 12.3 Å². The molecule has 2 aromatic rings. The van der Waals surface area contributed by atoms with Crippen LogP contribution in [-0.4, -0.2) is 46.5 Å². The van der Waals surface area contributed by atoms with E-state index in [1.165, 1.54) is 16.0 Å². The number of benzene rings is 1. The summed E-state index contributed by atoms with van der Waals surface area (Å²) in [7, 11) is 0. The smallest absolute Gasteiger partial charge is 0.315 e. The molecular formula is C23H27N3O2S2. The van der Waals surface area contributed by atoms with Crippen LogP contribution in [0.15, 0.2) is 41.8 Å². The first-order chi connectivity index (χ1) is 14.7. The minimum Gasteiger partial charge on any atom is -0.332 e. The molecule has 2 saturated heterocycles. The molecule has 0 unspecified atom stereocenters. The normalized spacial score (nSPS) is 27.3. The number of hydrogen-bond acceptors (Lipinski definition) is 4. The van der Waals surface area contributed by atoms with E-state index in [0.717, 1.165) is 38.0 Å². The zero-order chi connectivity index (χ0) is 20.5. The zero-order valence-corrected chi connectivity index (χ0v) is 18.5. The van der Waals surface area contributed by atoms with E-state index in [9.17, 15) is 9.59 Å². The van der Waals surface area contributed by atoms with E-state index >= 15 is 0 Å². The third-order valence-electron chi connectivity index (χ3n) is 6.47. The molecule has 1 aromatic heterocycles. The summed E-state index contributed by atoms with van der Waals surface area (Å²) < 4.78 is 0. The third-order valence-corrected chi connectivity index (χ3v) is 8.97. The third kappa shape index (κ3) is 3.85. The highest BCUT2D eigenvalue weighted by molar-refractivity contribution is 8.00.